The zero-order chi connectivity index (χ0) is 12.4. The van der Waals surface area contributed by atoms with E-state index in [1.54, 1.807) is 0 Å². The Morgan fingerprint density at radius 1 is 1.47 bits per heavy atom. The van der Waals surface area contributed by atoms with Crippen LogP contribution in [-0.4, -0.2) is 22.9 Å². The monoisotopic (exact) mass is 232 g/mol. The highest BCUT2D eigenvalue weighted by molar-refractivity contribution is 5.84. The van der Waals surface area contributed by atoms with Gasteiger partial charge in [-0.15, -0.1) is 0 Å². The van der Waals surface area contributed by atoms with Gasteiger partial charge < -0.3 is 10.7 Å². The minimum Gasteiger partial charge on any atom is -0.361 e. The van der Waals surface area contributed by atoms with Crippen LogP contribution in [0, 0.1) is 0 Å². The minimum atomic E-state index is -0.343. The molecule has 0 saturated heterocycles. The highest BCUT2D eigenvalue weighted by Crippen LogP contribution is 2.24. The maximum absolute atomic E-state index is 11.5. The number of nitrogens with two attached hydrogens (primary N) is 2. The summed E-state index contributed by atoms with van der Waals surface area (Å²) in [6, 6.07) is 7.51. The lowest BCUT2D eigenvalue weighted by molar-refractivity contribution is -0.130. The van der Waals surface area contributed by atoms with E-state index in [1.807, 2.05) is 30.5 Å². The second-order valence-corrected chi connectivity index (χ2v) is 4.10. The summed E-state index contributed by atoms with van der Waals surface area (Å²) in [4.78, 5) is 14.6. The van der Waals surface area contributed by atoms with Crippen molar-refractivity contribution in [3.8, 4) is 0 Å². The number of nitrogens with zero attached hydrogens (tertiary/aromatic N) is 1. The molecule has 5 N–H and O–H groups in total. The molecule has 0 saturated carbocycles. The maximum atomic E-state index is 11.5. The summed E-state index contributed by atoms with van der Waals surface area (Å²) >= 11 is 0. The highest BCUT2D eigenvalue weighted by atomic mass is 16.2. The number of H-pyrrole nitrogens is 1. The zero-order valence-corrected chi connectivity index (χ0v) is 9.68. The van der Waals surface area contributed by atoms with E-state index in [4.69, 9.17) is 11.6 Å². The number of hydrogen-bond donors (Lipinski definition) is 3. The molecule has 5 nitrogen and oxygen atoms in total. The largest absolute Gasteiger partial charge is 0.361 e. The lowest BCUT2D eigenvalue weighted by Crippen LogP contribution is -2.35. The molecule has 1 aromatic heterocycles. The van der Waals surface area contributed by atoms with E-state index >= 15 is 0 Å². The first-order valence-corrected chi connectivity index (χ1v) is 5.42. The molecule has 0 fully saturated rings. The van der Waals surface area contributed by atoms with Crippen LogP contribution in [0.2, 0.25) is 0 Å². The lowest BCUT2D eigenvalue weighted by atomic mass is 10.0. The van der Waals surface area contributed by atoms with Crippen molar-refractivity contribution in [2.75, 3.05) is 7.05 Å². The highest BCUT2D eigenvalue weighted by Gasteiger charge is 2.16. The molecular weight excluding hydrogens is 216 g/mol. The van der Waals surface area contributed by atoms with Gasteiger partial charge in [-0.05, 0) is 11.6 Å². The van der Waals surface area contributed by atoms with Crippen LogP contribution in [-0.2, 0) is 4.79 Å². The van der Waals surface area contributed by atoms with Crippen molar-refractivity contribution in [2.24, 2.45) is 11.6 Å². The Morgan fingerprint density at radius 2 is 2.18 bits per heavy atom. The molecule has 0 radical (unpaired) electrons. The van der Waals surface area contributed by atoms with Gasteiger partial charge in [-0.3, -0.25) is 9.80 Å². The van der Waals surface area contributed by atoms with E-state index in [0.29, 0.717) is 0 Å². The van der Waals surface area contributed by atoms with Gasteiger partial charge in [-0.1, -0.05) is 18.2 Å². The first kappa shape index (κ1) is 11.6. The molecule has 5 heteroatoms. The van der Waals surface area contributed by atoms with Gasteiger partial charge in [0.05, 0.1) is 0 Å². The number of amides is 1. The molecule has 17 heavy (non-hydrogen) atoms. The molecule has 2 rings (SSSR count). The van der Waals surface area contributed by atoms with Crippen LogP contribution in [0.25, 0.3) is 10.9 Å². The Bertz CT molecular complexity index is 532. The molecule has 0 bridgehead atoms. The Kier molecular flexibility index (Phi) is 3.12. The number of hydrazine groups is 1. The van der Waals surface area contributed by atoms with Crippen molar-refractivity contribution >= 4 is 16.8 Å². The lowest BCUT2D eigenvalue weighted by Gasteiger charge is -2.14. The van der Waals surface area contributed by atoms with Crippen LogP contribution >= 0.6 is 0 Å². The van der Waals surface area contributed by atoms with Crippen LogP contribution in [0.3, 0.4) is 0 Å². The third kappa shape index (κ3) is 2.30. The molecule has 90 valence electrons. The van der Waals surface area contributed by atoms with Crippen LogP contribution < -0.4 is 11.6 Å². The van der Waals surface area contributed by atoms with E-state index in [9.17, 15) is 4.79 Å². The van der Waals surface area contributed by atoms with Crippen molar-refractivity contribution in [3.63, 3.8) is 0 Å². The number of para-hydroxylation sites is 1. The molecule has 1 heterocycles. The molecule has 0 aliphatic rings. The van der Waals surface area contributed by atoms with Crippen LogP contribution in [0.4, 0.5) is 0 Å². The van der Waals surface area contributed by atoms with Crippen molar-refractivity contribution in [3.05, 3.63) is 36.0 Å². The summed E-state index contributed by atoms with van der Waals surface area (Å²) in [6.45, 7) is 0. The van der Waals surface area contributed by atoms with Crippen molar-refractivity contribution in [1.82, 2.24) is 9.99 Å². The van der Waals surface area contributed by atoms with Gasteiger partial charge in [0.25, 0.3) is 0 Å². The summed E-state index contributed by atoms with van der Waals surface area (Å²) in [5, 5.41) is 2.11. The molecule has 2 aromatic rings. The molecule has 1 aromatic carbocycles. The smallest absolute Gasteiger partial charge is 0.238 e. The summed E-state index contributed by atoms with van der Waals surface area (Å²) in [6.07, 6.45) is 2.05. The van der Waals surface area contributed by atoms with Gasteiger partial charge in [0.15, 0.2) is 0 Å². The number of carbonyl (C=O) groups is 1. The standard InChI is InChI=1S/C12H16N4O/c1-16(14)12(17)6-10(13)9-7-15-11-5-3-2-4-8(9)11/h2-5,7,10,15H,6,13-14H2,1H3. The van der Waals surface area contributed by atoms with E-state index in [1.165, 1.54) is 7.05 Å². The van der Waals surface area contributed by atoms with E-state index in [0.717, 1.165) is 21.5 Å². The van der Waals surface area contributed by atoms with E-state index < -0.39 is 0 Å². The second-order valence-electron chi connectivity index (χ2n) is 4.10. The molecule has 0 spiro atoms. The summed E-state index contributed by atoms with van der Waals surface area (Å²) < 4.78 is 0. The first-order chi connectivity index (χ1) is 8.09. The van der Waals surface area contributed by atoms with Gasteiger partial charge in [-0.2, -0.15) is 0 Å². The number of nitrogens with one attached hydrogen (secondary N) is 1. The van der Waals surface area contributed by atoms with Crippen LogP contribution in [0.15, 0.2) is 30.5 Å². The Hall–Kier alpha value is -1.85. The third-order valence-corrected chi connectivity index (χ3v) is 2.81. The topological polar surface area (TPSA) is 88.1 Å². The number of fused-ring (bicyclic) bond motifs is 1. The predicted molar refractivity (Wildman–Crippen MR) is 66.8 cm³/mol. The van der Waals surface area contributed by atoms with Crippen molar-refractivity contribution < 1.29 is 4.79 Å². The minimum absolute atomic E-state index is 0.178. The van der Waals surface area contributed by atoms with Crippen LogP contribution in [0.1, 0.15) is 18.0 Å². The third-order valence-electron chi connectivity index (χ3n) is 2.81. The number of aromatic nitrogens is 1. The quantitative estimate of drug-likeness (QED) is 0.417. The number of rotatable bonds is 3. The molecule has 1 unspecified atom stereocenters. The molecular formula is C12H16N4O. The van der Waals surface area contributed by atoms with Crippen molar-refractivity contribution in [1.29, 1.82) is 0 Å². The van der Waals surface area contributed by atoms with Gasteiger partial charge in [0, 0.05) is 36.6 Å². The maximum Gasteiger partial charge on any atom is 0.238 e. The molecule has 0 aliphatic carbocycles. The van der Waals surface area contributed by atoms with Gasteiger partial charge in [0.1, 0.15) is 0 Å². The van der Waals surface area contributed by atoms with E-state index in [-0.39, 0.29) is 18.4 Å². The average molecular weight is 232 g/mol. The fourth-order valence-electron chi connectivity index (χ4n) is 1.84. The first-order valence-electron chi connectivity index (χ1n) is 5.42. The number of benzene rings is 1. The van der Waals surface area contributed by atoms with E-state index in [2.05, 4.69) is 4.98 Å². The fraction of sp³-hybridized carbons (Fsp3) is 0.250. The average Bonchev–Trinajstić information content (AvgIpc) is 2.72. The number of hydrogen-bond acceptors (Lipinski definition) is 3. The van der Waals surface area contributed by atoms with Gasteiger partial charge >= 0.3 is 0 Å². The summed E-state index contributed by atoms with van der Waals surface area (Å²) in [5.41, 5.74) is 7.98. The normalized spacial score (nSPS) is 12.6. The van der Waals surface area contributed by atoms with Crippen LogP contribution in [0.5, 0.6) is 0 Å². The predicted octanol–water partition coefficient (Wildman–Crippen LogP) is 0.890. The number of carbonyl (C=O) groups excluding carboxylic acids is 1. The Morgan fingerprint density at radius 3 is 2.88 bits per heavy atom. The number of aromatic amines is 1. The zero-order valence-electron chi connectivity index (χ0n) is 9.68. The molecule has 1 amide bonds. The molecule has 0 aliphatic heterocycles. The Labute approximate surface area is 99.4 Å². The second kappa shape index (κ2) is 4.57. The Balaban J connectivity index is 2.25. The van der Waals surface area contributed by atoms with Crippen molar-refractivity contribution in [2.45, 2.75) is 12.5 Å². The van der Waals surface area contributed by atoms with Gasteiger partial charge in [0.2, 0.25) is 5.91 Å². The molecule has 1 atom stereocenters. The fourth-order valence-corrected chi connectivity index (χ4v) is 1.84. The summed E-state index contributed by atoms with van der Waals surface area (Å²) in [7, 11) is 1.52. The van der Waals surface area contributed by atoms with Gasteiger partial charge in [-0.25, -0.2) is 5.84 Å². The SMILES string of the molecule is CN(N)C(=O)CC(N)c1c[nH]c2ccccc12. The summed E-state index contributed by atoms with van der Waals surface area (Å²) in [5.74, 6) is 5.19.